The Labute approximate surface area is 113 Å². The summed E-state index contributed by atoms with van der Waals surface area (Å²) in [6, 6.07) is 4.86. The molecule has 1 aromatic carbocycles. The van der Waals surface area contributed by atoms with Crippen molar-refractivity contribution in [2.45, 2.75) is 25.5 Å². The summed E-state index contributed by atoms with van der Waals surface area (Å²) in [6.45, 7) is 2.67. The van der Waals surface area contributed by atoms with Gasteiger partial charge in [0.2, 0.25) is 0 Å². The van der Waals surface area contributed by atoms with Gasteiger partial charge in [0.15, 0.2) is 0 Å². The van der Waals surface area contributed by atoms with Gasteiger partial charge in [-0.15, -0.1) is 0 Å². The molecular formula is C15H19FN2O. The van der Waals surface area contributed by atoms with Crippen molar-refractivity contribution in [2.75, 3.05) is 19.6 Å². The number of piperidine rings is 1. The van der Waals surface area contributed by atoms with Crippen LogP contribution in [0.2, 0.25) is 0 Å². The topological polar surface area (TPSA) is 49.5 Å². The van der Waals surface area contributed by atoms with Gasteiger partial charge in [-0.05, 0) is 36.6 Å². The van der Waals surface area contributed by atoms with Crippen molar-refractivity contribution in [3.05, 3.63) is 35.1 Å². The molecule has 0 aromatic heterocycles. The number of hydrogen-bond donors (Lipinski definition) is 2. The number of aliphatic hydroxyl groups excluding tert-OH is 1. The normalized spacial score (nSPS) is 17.0. The number of aliphatic hydroxyl groups is 1. The molecule has 1 saturated heterocycles. The van der Waals surface area contributed by atoms with Gasteiger partial charge in [-0.3, -0.25) is 4.90 Å². The summed E-state index contributed by atoms with van der Waals surface area (Å²) >= 11 is 0. The van der Waals surface area contributed by atoms with Gasteiger partial charge in [-0.1, -0.05) is 11.8 Å². The van der Waals surface area contributed by atoms with Crippen molar-refractivity contribution in [3.8, 4) is 11.8 Å². The van der Waals surface area contributed by atoms with Gasteiger partial charge < -0.3 is 10.8 Å². The lowest BCUT2D eigenvalue weighted by molar-refractivity contribution is 0.0792. The van der Waals surface area contributed by atoms with Crippen LogP contribution in [0.4, 0.5) is 4.39 Å². The van der Waals surface area contributed by atoms with Gasteiger partial charge in [0.05, 0.1) is 12.6 Å². The molecule has 0 unspecified atom stereocenters. The second kappa shape index (κ2) is 6.67. The number of halogens is 1. The minimum atomic E-state index is -0.268. The van der Waals surface area contributed by atoms with E-state index >= 15 is 0 Å². The zero-order valence-electron chi connectivity index (χ0n) is 10.9. The van der Waals surface area contributed by atoms with Gasteiger partial charge in [0, 0.05) is 25.2 Å². The molecule has 19 heavy (non-hydrogen) atoms. The lowest BCUT2D eigenvalue weighted by Crippen LogP contribution is -2.35. The summed E-state index contributed by atoms with van der Waals surface area (Å²) in [6.07, 6.45) is 1.39. The molecule has 0 aliphatic carbocycles. The van der Waals surface area contributed by atoms with Crippen molar-refractivity contribution in [1.82, 2.24) is 4.90 Å². The first kappa shape index (κ1) is 14.0. The Bertz CT molecular complexity index is 485. The number of nitrogens with two attached hydrogens (primary N) is 1. The second-order valence-corrected chi connectivity index (χ2v) is 4.86. The highest BCUT2D eigenvalue weighted by Crippen LogP contribution is 2.15. The van der Waals surface area contributed by atoms with Gasteiger partial charge in [-0.25, -0.2) is 4.39 Å². The Morgan fingerprint density at radius 1 is 1.32 bits per heavy atom. The standard InChI is InChI=1S/C15H19FN2O/c16-14-9-12(2-1-5-17)8-13(10-14)11-18-6-3-15(19)4-7-18/h8-10,15,19H,3-7,11,17H2. The van der Waals surface area contributed by atoms with Crippen LogP contribution in [0.5, 0.6) is 0 Å². The van der Waals surface area contributed by atoms with E-state index in [1.165, 1.54) is 6.07 Å². The maximum absolute atomic E-state index is 13.5. The van der Waals surface area contributed by atoms with Crippen LogP contribution in [0, 0.1) is 17.7 Å². The fourth-order valence-corrected chi connectivity index (χ4v) is 2.30. The zero-order valence-corrected chi connectivity index (χ0v) is 10.9. The molecule has 1 aromatic rings. The van der Waals surface area contributed by atoms with Crippen LogP contribution in [0.1, 0.15) is 24.0 Å². The van der Waals surface area contributed by atoms with E-state index in [-0.39, 0.29) is 18.5 Å². The molecule has 0 amide bonds. The average molecular weight is 262 g/mol. The van der Waals surface area contributed by atoms with Crippen molar-refractivity contribution < 1.29 is 9.50 Å². The second-order valence-electron chi connectivity index (χ2n) is 4.86. The van der Waals surface area contributed by atoms with E-state index in [0.29, 0.717) is 12.1 Å². The molecule has 0 radical (unpaired) electrons. The van der Waals surface area contributed by atoms with E-state index < -0.39 is 0 Å². The summed E-state index contributed by atoms with van der Waals surface area (Å²) < 4.78 is 13.5. The summed E-state index contributed by atoms with van der Waals surface area (Å²) in [4.78, 5) is 2.22. The van der Waals surface area contributed by atoms with E-state index in [9.17, 15) is 9.50 Å². The Kier molecular flexibility index (Phi) is 4.92. The number of likely N-dealkylation sites (tertiary alicyclic amines) is 1. The highest BCUT2D eigenvalue weighted by molar-refractivity contribution is 5.38. The Morgan fingerprint density at radius 2 is 2.05 bits per heavy atom. The third kappa shape index (κ3) is 4.32. The summed E-state index contributed by atoms with van der Waals surface area (Å²) in [7, 11) is 0. The maximum Gasteiger partial charge on any atom is 0.124 e. The molecule has 3 N–H and O–H groups in total. The summed E-state index contributed by atoms with van der Waals surface area (Å²) in [5, 5.41) is 9.46. The van der Waals surface area contributed by atoms with Crippen LogP contribution in [-0.2, 0) is 6.54 Å². The number of benzene rings is 1. The molecule has 0 saturated carbocycles. The average Bonchev–Trinajstić information content (AvgIpc) is 2.38. The van der Waals surface area contributed by atoms with Crippen LogP contribution in [0.3, 0.4) is 0 Å². The Hall–Kier alpha value is -1.41. The number of hydrogen-bond acceptors (Lipinski definition) is 3. The van der Waals surface area contributed by atoms with Gasteiger partial charge in [-0.2, -0.15) is 0 Å². The van der Waals surface area contributed by atoms with E-state index in [0.717, 1.165) is 31.5 Å². The first-order valence-electron chi connectivity index (χ1n) is 6.56. The van der Waals surface area contributed by atoms with Crippen LogP contribution in [-0.4, -0.2) is 35.7 Å². The summed E-state index contributed by atoms with van der Waals surface area (Å²) in [5.74, 6) is 5.32. The molecule has 0 spiro atoms. The van der Waals surface area contributed by atoms with E-state index in [2.05, 4.69) is 16.7 Å². The predicted octanol–water partition coefficient (Wildman–Crippen LogP) is 1.09. The third-order valence-corrected chi connectivity index (χ3v) is 3.26. The largest absolute Gasteiger partial charge is 0.393 e. The Morgan fingerprint density at radius 3 is 2.74 bits per heavy atom. The molecule has 1 fully saturated rings. The Balaban J connectivity index is 2.05. The SMILES string of the molecule is NCC#Cc1cc(F)cc(CN2CCC(O)CC2)c1. The molecule has 2 rings (SSSR count). The first-order chi connectivity index (χ1) is 9.17. The molecule has 0 bridgehead atoms. The van der Waals surface area contributed by atoms with Gasteiger partial charge >= 0.3 is 0 Å². The van der Waals surface area contributed by atoms with Crippen molar-refractivity contribution in [1.29, 1.82) is 0 Å². The molecule has 3 nitrogen and oxygen atoms in total. The molecule has 0 atom stereocenters. The molecule has 4 heteroatoms. The maximum atomic E-state index is 13.5. The van der Waals surface area contributed by atoms with Crippen LogP contribution >= 0.6 is 0 Å². The fraction of sp³-hybridized carbons (Fsp3) is 0.467. The summed E-state index contributed by atoms with van der Waals surface area (Å²) in [5.41, 5.74) is 6.89. The molecule has 1 heterocycles. The van der Waals surface area contributed by atoms with E-state index in [1.54, 1.807) is 6.07 Å². The fourth-order valence-electron chi connectivity index (χ4n) is 2.30. The van der Waals surface area contributed by atoms with Gasteiger partial charge in [0.1, 0.15) is 5.82 Å². The minimum absolute atomic E-state index is 0.185. The molecular weight excluding hydrogens is 243 g/mol. The van der Waals surface area contributed by atoms with Crippen molar-refractivity contribution in [3.63, 3.8) is 0 Å². The monoisotopic (exact) mass is 262 g/mol. The quantitative estimate of drug-likeness (QED) is 0.785. The molecule has 1 aliphatic rings. The van der Waals surface area contributed by atoms with Gasteiger partial charge in [0.25, 0.3) is 0 Å². The number of rotatable bonds is 2. The zero-order chi connectivity index (χ0) is 13.7. The smallest absolute Gasteiger partial charge is 0.124 e. The first-order valence-corrected chi connectivity index (χ1v) is 6.56. The highest BCUT2D eigenvalue weighted by atomic mass is 19.1. The number of nitrogens with zero attached hydrogens (tertiary/aromatic N) is 1. The van der Waals surface area contributed by atoms with Crippen LogP contribution < -0.4 is 5.73 Å². The highest BCUT2D eigenvalue weighted by Gasteiger charge is 2.17. The predicted molar refractivity (Wildman–Crippen MR) is 72.9 cm³/mol. The van der Waals surface area contributed by atoms with Crippen molar-refractivity contribution >= 4 is 0 Å². The molecule has 102 valence electrons. The lowest BCUT2D eigenvalue weighted by Gasteiger charge is -2.29. The third-order valence-electron chi connectivity index (χ3n) is 3.26. The minimum Gasteiger partial charge on any atom is -0.393 e. The van der Waals surface area contributed by atoms with Crippen LogP contribution in [0.25, 0.3) is 0 Å². The lowest BCUT2D eigenvalue weighted by atomic mass is 10.1. The van der Waals surface area contributed by atoms with E-state index in [4.69, 9.17) is 5.73 Å². The van der Waals surface area contributed by atoms with Crippen LogP contribution in [0.15, 0.2) is 18.2 Å². The van der Waals surface area contributed by atoms with Crippen molar-refractivity contribution in [2.24, 2.45) is 5.73 Å². The molecule has 1 aliphatic heterocycles. The van der Waals surface area contributed by atoms with E-state index in [1.807, 2.05) is 6.07 Å².